The van der Waals surface area contributed by atoms with Crippen molar-refractivity contribution < 1.29 is 23.7 Å². The smallest absolute Gasteiger partial charge is 0.277 e. The van der Waals surface area contributed by atoms with Crippen molar-refractivity contribution in [3.8, 4) is 34.3 Å². The molecule has 188 valence electrons. The van der Waals surface area contributed by atoms with E-state index in [0.717, 1.165) is 11.1 Å². The Morgan fingerprint density at radius 1 is 0.861 bits per heavy atom. The van der Waals surface area contributed by atoms with Gasteiger partial charge in [0.05, 0.1) is 34.1 Å². The zero-order chi connectivity index (χ0) is 25.7. The highest BCUT2D eigenvalue weighted by molar-refractivity contribution is 5.76. The molecule has 36 heavy (non-hydrogen) atoms. The molecule has 0 fully saturated rings. The summed E-state index contributed by atoms with van der Waals surface area (Å²) in [5.74, 6) is 2.18. The molecule has 4 rings (SSSR count). The summed E-state index contributed by atoms with van der Waals surface area (Å²) in [7, 11) is 6.29. The summed E-state index contributed by atoms with van der Waals surface area (Å²) in [5, 5.41) is 7.35. The molecule has 0 aliphatic rings. The fourth-order valence-electron chi connectivity index (χ4n) is 3.88. The molecule has 0 aliphatic heterocycles. The Kier molecular flexibility index (Phi) is 7.43. The van der Waals surface area contributed by atoms with Crippen molar-refractivity contribution in [1.82, 2.24) is 19.5 Å². The quantitative estimate of drug-likeness (QED) is 0.363. The van der Waals surface area contributed by atoms with Crippen LogP contribution in [0.15, 0.2) is 59.7 Å². The molecule has 0 saturated heterocycles. The van der Waals surface area contributed by atoms with E-state index in [1.807, 2.05) is 24.3 Å². The van der Waals surface area contributed by atoms with Gasteiger partial charge in [-0.05, 0) is 48.4 Å². The molecule has 0 spiro atoms. The molecule has 2 aromatic heterocycles. The number of carbonyl (C=O) groups excluding carboxylic acids is 1. The molecule has 0 unspecified atom stereocenters. The van der Waals surface area contributed by atoms with Gasteiger partial charge in [-0.15, -0.1) is 0 Å². The molecule has 1 N–H and O–H groups in total. The van der Waals surface area contributed by atoms with Gasteiger partial charge in [0, 0.05) is 24.5 Å². The first-order valence-electron chi connectivity index (χ1n) is 11.3. The predicted octanol–water partition coefficient (Wildman–Crippen LogP) is 2.56. The summed E-state index contributed by atoms with van der Waals surface area (Å²) < 4.78 is 24.1. The van der Waals surface area contributed by atoms with Crippen LogP contribution < -0.4 is 29.8 Å². The summed E-state index contributed by atoms with van der Waals surface area (Å²) in [4.78, 5) is 25.5. The highest BCUT2D eigenvalue weighted by atomic mass is 16.5. The Labute approximate surface area is 208 Å². The molecule has 0 aliphatic carbocycles. The maximum Gasteiger partial charge on any atom is 0.277 e. The standard InChI is InChI=1S/C26H28N4O6/c1-33-21-7-5-17(13-23(21)35-3)9-10-27-25(31)16-29-11-12-30-20(26(29)32)15-19(28-30)18-6-8-22(34-2)24(14-18)36-4/h5-8,11-15H,9-10,16H2,1-4H3,(H,27,31). The summed E-state index contributed by atoms with van der Waals surface area (Å²) in [5.41, 5.74) is 2.42. The predicted molar refractivity (Wildman–Crippen MR) is 134 cm³/mol. The minimum Gasteiger partial charge on any atom is -0.493 e. The first kappa shape index (κ1) is 24.6. The number of fused-ring (bicyclic) bond motifs is 1. The molecule has 0 saturated carbocycles. The molecule has 1 amide bonds. The number of ether oxygens (including phenoxy) is 4. The molecule has 2 aromatic carbocycles. The van der Waals surface area contributed by atoms with Crippen LogP contribution >= 0.6 is 0 Å². The first-order chi connectivity index (χ1) is 17.5. The van der Waals surface area contributed by atoms with E-state index < -0.39 is 0 Å². The number of rotatable bonds is 10. The topological polar surface area (TPSA) is 105 Å². The number of hydrogen-bond acceptors (Lipinski definition) is 7. The molecular weight excluding hydrogens is 464 g/mol. The van der Waals surface area contributed by atoms with Crippen LogP contribution in [0.4, 0.5) is 0 Å². The van der Waals surface area contributed by atoms with Crippen molar-refractivity contribution >= 4 is 11.4 Å². The molecule has 0 atom stereocenters. The van der Waals surface area contributed by atoms with Crippen molar-refractivity contribution in [3.05, 3.63) is 70.8 Å². The second-order valence-corrected chi connectivity index (χ2v) is 7.95. The van der Waals surface area contributed by atoms with E-state index in [0.29, 0.717) is 47.2 Å². The average Bonchev–Trinajstić information content (AvgIpc) is 3.35. The molecule has 10 heteroatoms. The fourth-order valence-corrected chi connectivity index (χ4v) is 3.88. The van der Waals surface area contributed by atoms with Crippen molar-refractivity contribution in [2.24, 2.45) is 0 Å². The van der Waals surface area contributed by atoms with Crippen LogP contribution in [0.2, 0.25) is 0 Å². The fraction of sp³-hybridized carbons (Fsp3) is 0.269. The normalized spacial score (nSPS) is 10.8. The van der Waals surface area contributed by atoms with Crippen LogP contribution in [0.5, 0.6) is 23.0 Å². The van der Waals surface area contributed by atoms with Crippen LogP contribution in [-0.2, 0) is 17.8 Å². The number of hydrogen-bond donors (Lipinski definition) is 1. The summed E-state index contributed by atoms with van der Waals surface area (Å²) >= 11 is 0. The Bertz CT molecular complexity index is 1440. The first-order valence-corrected chi connectivity index (χ1v) is 11.3. The Balaban J connectivity index is 1.44. The van der Waals surface area contributed by atoms with E-state index in [-0.39, 0.29) is 18.0 Å². The van der Waals surface area contributed by atoms with Gasteiger partial charge in [-0.3, -0.25) is 9.59 Å². The number of aromatic nitrogens is 3. The van der Waals surface area contributed by atoms with Crippen LogP contribution in [0.1, 0.15) is 5.56 Å². The summed E-state index contributed by atoms with van der Waals surface area (Å²) in [6.45, 7) is 0.319. The lowest BCUT2D eigenvalue weighted by atomic mass is 10.1. The van der Waals surface area contributed by atoms with Gasteiger partial charge in [-0.2, -0.15) is 5.10 Å². The van der Waals surface area contributed by atoms with Crippen molar-refractivity contribution in [1.29, 1.82) is 0 Å². The van der Waals surface area contributed by atoms with Crippen LogP contribution in [0.25, 0.3) is 16.8 Å². The average molecular weight is 493 g/mol. The highest BCUT2D eigenvalue weighted by Gasteiger charge is 2.13. The van der Waals surface area contributed by atoms with E-state index in [4.69, 9.17) is 18.9 Å². The Morgan fingerprint density at radius 3 is 2.22 bits per heavy atom. The number of carbonyl (C=O) groups is 1. The molecule has 2 heterocycles. The third-order valence-electron chi connectivity index (χ3n) is 5.78. The van der Waals surface area contributed by atoms with Crippen LogP contribution in [0.3, 0.4) is 0 Å². The van der Waals surface area contributed by atoms with Crippen molar-refractivity contribution in [3.63, 3.8) is 0 Å². The molecular formula is C26H28N4O6. The number of amides is 1. The van der Waals surface area contributed by atoms with Gasteiger partial charge in [0.15, 0.2) is 23.0 Å². The zero-order valence-electron chi connectivity index (χ0n) is 20.6. The van der Waals surface area contributed by atoms with Crippen LogP contribution in [-0.4, -0.2) is 55.1 Å². The third kappa shape index (κ3) is 5.12. The largest absolute Gasteiger partial charge is 0.493 e. The third-order valence-corrected chi connectivity index (χ3v) is 5.78. The maximum atomic E-state index is 13.0. The van der Waals surface area contributed by atoms with E-state index >= 15 is 0 Å². The second kappa shape index (κ2) is 10.9. The second-order valence-electron chi connectivity index (χ2n) is 7.95. The minimum absolute atomic E-state index is 0.0991. The van der Waals surface area contributed by atoms with E-state index in [1.54, 1.807) is 59.0 Å². The van der Waals surface area contributed by atoms with Gasteiger partial charge < -0.3 is 28.8 Å². The van der Waals surface area contributed by atoms with Crippen molar-refractivity contribution in [2.75, 3.05) is 35.0 Å². The summed E-state index contributed by atoms with van der Waals surface area (Å²) in [6.07, 6.45) is 3.81. The lowest BCUT2D eigenvalue weighted by Crippen LogP contribution is -2.33. The lowest BCUT2D eigenvalue weighted by Gasteiger charge is -2.10. The SMILES string of the molecule is COc1ccc(CCNC(=O)Cn2ccn3nc(-c4ccc(OC)c(OC)c4)cc3c2=O)cc1OC. The monoisotopic (exact) mass is 492 g/mol. The van der Waals surface area contributed by atoms with E-state index in [2.05, 4.69) is 10.4 Å². The lowest BCUT2D eigenvalue weighted by molar-refractivity contribution is -0.121. The molecule has 0 radical (unpaired) electrons. The van der Waals surface area contributed by atoms with Gasteiger partial charge in [0.1, 0.15) is 12.1 Å². The van der Waals surface area contributed by atoms with Gasteiger partial charge in [-0.1, -0.05) is 6.07 Å². The number of nitrogens with zero attached hydrogens (tertiary/aromatic N) is 3. The van der Waals surface area contributed by atoms with Gasteiger partial charge in [0.2, 0.25) is 5.91 Å². The number of nitrogens with one attached hydrogen (secondary N) is 1. The number of benzene rings is 2. The molecule has 0 bridgehead atoms. The van der Waals surface area contributed by atoms with Gasteiger partial charge in [-0.25, -0.2) is 4.52 Å². The highest BCUT2D eigenvalue weighted by Crippen LogP contribution is 2.32. The Morgan fingerprint density at radius 2 is 1.53 bits per heavy atom. The molecule has 4 aromatic rings. The van der Waals surface area contributed by atoms with Gasteiger partial charge >= 0.3 is 0 Å². The number of methoxy groups -OCH3 is 4. The Hall–Kier alpha value is -4.47. The van der Waals surface area contributed by atoms with Crippen LogP contribution in [0, 0.1) is 0 Å². The maximum absolute atomic E-state index is 13.0. The minimum atomic E-state index is -0.313. The molecule has 10 nitrogen and oxygen atoms in total. The summed E-state index contributed by atoms with van der Waals surface area (Å²) in [6, 6.07) is 12.7. The van der Waals surface area contributed by atoms with Crippen molar-refractivity contribution in [2.45, 2.75) is 13.0 Å². The van der Waals surface area contributed by atoms with E-state index in [9.17, 15) is 9.59 Å². The van der Waals surface area contributed by atoms with E-state index in [1.165, 1.54) is 9.08 Å². The zero-order valence-corrected chi connectivity index (χ0v) is 20.6. The van der Waals surface area contributed by atoms with Gasteiger partial charge in [0.25, 0.3) is 5.56 Å².